The Labute approximate surface area is 187 Å². The lowest BCUT2D eigenvalue weighted by molar-refractivity contribution is 0.0938. The number of nitrogens with one attached hydrogen (secondary N) is 1. The molecule has 32 heavy (non-hydrogen) atoms. The second-order valence-electron chi connectivity index (χ2n) is 7.29. The number of rotatable bonds is 6. The minimum atomic E-state index is -0.892. The smallest absolute Gasteiger partial charge is 0.255 e. The molecule has 0 bridgehead atoms. The number of amides is 1. The molecule has 3 heterocycles. The number of nitrogens with zero attached hydrogens (tertiary/aromatic N) is 4. The molecule has 0 fully saturated rings. The number of aliphatic hydroxyl groups is 1. The molecule has 1 amide bonds. The van der Waals surface area contributed by atoms with Crippen LogP contribution in [0.3, 0.4) is 0 Å². The Morgan fingerprint density at radius 2 is 2.03 bits per heavy atom. The number of fused-ring (bicyclic) bond motifs is 1. The number of benzene rings is 1. The lowest BCUT2D eigenvalue weighted by Gasteiger charge is -2.12. The summed E-state index contributed by atoms with van der Waals surface area (Å²) in [5, 5.41) is 17.7. The largest absolute Gasteiger partial charge is 0.388 e. The number of hydrogen-bond acceptors (Lipinski definition) is 6. The van der Waals surface area contributed by atoms with E-state index in [4.69, 9.17) is 17.3 Å². The molecule has 0 aliphatic carbocycles. The van der Waals surface area contributed by atoms with Crippen LogP contribution in [-0.2, 0) is 0 Å². The quantitative estimate of drug-likeness (QED) is 0.384. The fourth-order valence-electron chi connectivity index (χ4n) is 3.48. The standard InChI is InChI=1S/C22H20ClFN6O2/c1-12-8-17(30-19(12)21(25)28-11-29-30)14-9-16(20(24)27-10-14)22(32)26-7-6-18(31)13-2-4-15(23)5-3-13/h2-5,8-11,18,31H,6-7H2,1H3,(H,26,32)(H2,25,28,29)/t18-/m0/s1. The van der Waals surface area contributed by atoms with Crippen LogP contribution in [0.25, 0.3) is 16.8 Å². The Hall–Kier alpha value is -3.56. The summed E-state index contributed by atoms with van der Waals surface area (Å²) in [6, 6.07) is 10.0. The first-order chi connectivity index (χ1) is 15.3. The molecule has 10 heteroatoms. The number of nitrogens with two attached hydrogens (primary N) is 1. The molecular weight excluding hydrogens is 435 g/mol. The van der Waals surface area contributed by atoms with Gasteiger partial charge in [-0.15, -0.1) is 0 Å². The van der Waals surface area contributed by atoms with Crippen LogP contribution in [0.2, 0.25) is 5.02 Å². The summed E-state index contributed by atoms with van der Waals surface area (Å²) in [5.74, 6) is -1.21. The molecule has 1 aromatic carbocycles. The van der Waals surface area contributed by atoms with E-state index in [0.717, 1.165) is 5.56 Å². The summed E-state index contributed by atoms with van der Waals surface area (Å²) in [6.07, 6.45) is 2.11. The zero-order valence-corrected chi connectivity index (χ0v) is 17.8. The SMILES string of the molecule is Cc1cc(-c2cnc(F)c(C(=O)NCC[C@H](O)c3ccc(Cl)cc3)c2)n2ncnc(N)c12. The van der Waals surface area contributed by atoms with Gasteiger partial charge in [0.15, 0.2) is 5.82 Å². The molecule has 3 aromatic heterocycles. The fraction of sp³-hybridized carbons (Fsp3) is 0.182. The number of aryl methyl sites for hydroxylation is 1. The second-order valence-corrected chi connectivity index (χ2v) is 7.73. The van der Waals surface area contributed by atoms with Gasteiger partial charge in [-0.1, -0.05) is 23.7 Å². The van der Waals surface area contributed by atoms with Gasteiger partial charge in [0.1, 0.15) is 11.8 Å². The molecule has 164 valence electrons. The average molecular weight is 455 g/mol. The van der Waals surface area contributed by atoms with Crippen molar-refractivity contribution in [2.45, 2.75) is 19.4 Å². The third kappa shape index (κ3) is 4.25. The minimum Gasteiger partial charge on any atom is -0.388 e. The van der Waals surface area contributed by atoms with Crippen molar-refractivity contribution in [1.29, 1.82) is 0 Å². The number of carbonyl (C=O) groups excluding carboxylic acids is 1. The van der Waals surface area contributed by atoms with Crippen molar-refractivity contribution in [2.75, 3.05) is 12.3 Å². The van der Waals surface area contributed by atoms with E-state index in [0.29, 0.717) is 33.2 Å². The van der Waals surface area contributed by atoms with E-state index in [9.17, 15) is 14.3 Å². The predicted octanol–water partition coefficient (Wildman–Crippen LogP) is 3.33. The van der Waals surface area contributed by atoms with E-state index in [1.54, 1.807) is 28.8 Å². The number of pyridine rings is 1. The highest BCUT2D eigenvalue weighted by atomic mass is 35.5. The topological polar surface area (TPSA) is 118 Å². The summed E-state index contributed by atoms with van der Waals surface area (Å²) in [5.41, 5.74) is 8.98. The van der Waals surface area contributed by atoms with Gasteiger partial charge < -0.3 is 16.2 Å². The summed E-state index contributed by atoms with van der Waals surface area (Å²) < 4.78 is 15.9. The first-order valence-corrected chi connectivity index (χ1v) is 10.2. The number of halogens is 2. The number of aromatic nitrogens is 4. The minimum absolute atomic E-state index is 0.142. The van der Waals surface area contributed by atoms with E-state index in [-0.39, 0.29) is 18.5 Å². The second kappa shape index (κ2) is 8.89. The number of carbonyl (C=O) groups is 1. The van der Waals surface area contributed by atoms with E-state index >= 15 is 0 Å². The zero-order chi connectivity index (χ0) is 22.8. The van der Waals surface area contributed by atoms with Gasteiger partial charge in [-0.05, 0) is 48.7 Å². The molecule has 0 spiro atoms. The number of anilines is 1. The average Bonchev–Trinajstić information content (AvgIpc) is 3.12. The van der Waals surface area contributed by atoms with Gasteiger partial charge in [0.25, 0.3) is 5.91 Å². The molecule has 0 saturated heterocycles. The van der Waals surface area contributed by atoms with Crippen LogP contribution in [0, 0.1) is 12.9 Å². The van der Waals surface area contributed by atoms with Gasteiger partial charge in [-0.2, -0.15) is 9.49 Å². The Kier molecular flexibility index (Phi) is 6.02. The Balaban J connectivity index is 1.51. The number of nitrogen functional groups attached to an aromatic ring is 1. The highest BCUT2D eigenvalue weighted by molar-refractivity contribution is 6.30. The van der Waals surface area contributed by atoms with E-state index in [1.165, 1.54) is 18.6 Å². The van der Waals surface area contributed by atoms with Crippen molar-refractivity contribution in [3.63, 3.8) is 0 Å². The summed E-state index contributed by atoms with van der Waals surface area (Å²) in [4.78, 5) is 20.3. The number of hydrogen-bond donors (Lipinski definition) is 3. The molecule has 0 unspecified atom stereocenters. The Morgan fingerprint density at radius 1 is 1.28 bits per heavy atom. The molecule has 0 aliphatic heterocycles. The summed E-state index contributed by atoms with van der Waals surface area (Å²) >= 11 is 5.85. The normalized spacial score (nSPS) is 12.1. The van der Waals surface area contributed by atoms with Gasteiger partial charge in [0, 0.05) is 23.3 Å². The summed E-state index contributed by atoms with van der Waals surface area (Å²) in [6.45, 7) is 2.00. The Bertz CT molecular complexity index is 1290. The molecule has 4 N–H and O–H groups in total. The number of aliphatic hydroxyl groups excluding tert-OH is 1. The van der Waals surface area contributed by atoms with Crippen LogP contribution >= 0.6 is 11.6 Å². The maximum atomic E-state index is 14.3. The van der Waals surface area contributed by atoms with Gasteiger partial charge in [0.2, 0.25) is 5.95 Å². The van der Waals surface area contributed by atoms with Gasteiger partial charge >= 0.3 is 0 Å². The molecule has 0 radical (unpaired) electrons. The lowest BCUT2D eigenvalue weighted by Crippen LogP contribution is -2.27. The molecule has 0 aliphatic rings. The molecule has 8 nitrogen and oxygen atoms in total. The van der Waals surface area contributed by atoms with Crippen molar-refractivity contribution in [2.24, 2.45) is 0 Å². The van der Waals surface area contributed by atoms with Gasteiger partial charge in [-0.25, -0.2) is 14.5 Å². The van der Waals surface area contributed by atoms with Crippen LogP contribution < -0.4 is 11.1 Å². The molecule has 0 saturated carbocycles. The molecule has 4 aromatic rings. The maximum Gasteiger partial charge on any atom is 0.255 e. The summed E-state index contributed by atoms with van der Waals surface area (Å²) in [7, 11) is 0. The molecule has 4 rings (SSSR count). The zero-order valence-electron chi connectivity index (χ0n) is 17.1. The van der Waals surface area contributed by atoms with Gasteiger partial charge in [0.05, 0.1) is 17.4 Å². The highest BCUT2D eigenvalue weighted by Gasteiger charge is 2.18. The third-order valence-electron chi connectivity index (χ3n) is 5.11. The van der Waals surface area contributed by atoms with E-state index in [2.05, 4.69) is 20.4 Å². The lowest BCUT2D eigenvalue weighted by atomic mass is 10.1. The van der Waals surface area contributed by atoms with Crippen molar-refractivity contribution >= 4 is 28.8 Å². The Morgan fingerprint density at radius 3 is 2.78 bits per heavy atom. The fourth-order valence-corrected chi connectivity index (χ4v) is 3.60. The molecular formula is C22H20ClFN6O2. The third-order valence-corrected chi connectivity index (χ3v) is 5.36. The van der Waals surface area contributed by atoms with Crippen molar-refractivity contribution in [3.8, 4) is 11.3 Å². The van der Waals surface area contributed by atoms with Crippen LogP contribution in [0.1, 0.15) is 34.0 Å². The van der Waals surface area contributed by atoms with Crippen LogP contribution in [-0.4, -0.2) is 37.1 Å². The van der Waals surface area contributed by atoms with Crippen molar-refractivity contribution in [1.82, 2.24) is 24.9 Å². The first-order valence-electron chi connectivity index (χ1n) is 9.81. The first kappa shape index (κ1) is 21.7. The predicted molar refractivity (Wildman–Crippen MR) is 119 cm³/mol. The van der Waals surface area contributed by atoms with Crippen molar-refractivity contribution in [3.05, 3.63) is 76.6 Å². The van der Waals surface area contributed by atoms with E-state index in [1.807, 2.05) is 13.0 Å². The highest BCUT2D eigenvalue weighted by Crippen LogP contribution is 2.27. The molecule has 1 atom stereocenters. The van der Waals surface area contributed by atoms with Crippen molar-refractivity contribution < 1.29 is 14.3 Å². The maximum absolute atomic E-state index is 14.3. The van der Waals surface area contributed by atoms with Crippen LogP contribution in [0.5, 0.6) is 0 Å². The van der Waals surface area contributed by atoms with Crippen LogP contribution in [0.15, 0.2) is 48.9 Å². The monoisotopic (exact) mass is 454 g/mol. The van der Waals surface area contributed by atoms with E-state index < -0.39 is 18.0 Å². The van der Waals surface area contributed by atoms with Gasteiger partial charge in [-0.3, -0.25) is 4.79 Å². The van der Waals surface area contributed by atoms with Crippen LogP contribution in [0.4, 0.5) is 10.2 Å².